The number of hydrogen-bond donors (Lipinski definition) is 1. The van der Waals surface area contributed by atoms with Gasteiger partial charge < -0.3 is 10.1 Å². The van der Waals surface area contributed by atoms with E-state index in [4.69, 9.17) is 4.74 Å². The highest BCUT2D eigenvalue weighted by Gasteiger charge is 2.09. The van der Waals surface area contributed by atoms with E-state index in [-0.39, 0.29) is 18.5 Å². The van der Waals surface area contributed by atoms with E-state index in [1.165, 1.54) is 11.3 Å². The third-order valence-electron chi connectivity index (χ3n) is 3.26. The lowest BCUT2D eigenvalue weighted by molar-refractivity contribution is -0.116. The molecule has 0 spiro atoms. The SMILES string of the molecule is CC(C)=CC(=O)NCc1ccc(C(=O)OCc2scnc2C)cc1. The first kappa shape index (κ1) is 17.9. The van der Waals surface area contributed by atoms with Gasteiger partial charge in [0.25, 0.3) is 0 Å². The minimum absolute atomic E-state index is 0.126. The third-order valence-corrected chi connectivity index (χ3v) is 4.16. The molecule has 0 fully saturated rings. The van der Waals surface area contributed by atoms with Crippen LogP contribution in [-0.2, 0) is 22.7 Å². The number of ether oxygens (including phenoxy) is 1. The van der Waals surface area contributed by atoms with Crippen molar-refractivity contribution in [1.82, 2.24) is 10.3 Å². The Labute approximate surface area is 145 Å². The molecule has 0 aliphatic carbocycles. The first-order valence-corrected chi connectivity index (χ1v) is 8.41. The van der Waals surface area contributed by atoms with Crippen molar-refractivity contribution in [2.45, 2.75) is 33.9 Å². The zero-order chi connectivity index (χ0) is 17.5. The monoisotopic (exact) mass is 344 g/mol. The van der Waals surface area contributed by atoms with E-state index in [1.54, 1.807) is 35.9 Å². The average molecular weight is 344 g/mol. The van der Waals surface area contributed by atoms with E-state index in [0.717, 1.165) is 21.7 Å². The van der Waals surface area contributed by atoms with E-state index >= 15 is 0 Å². The second kappa shape index (κ2) is 8.40. The zero-order valence-corrected chi connectivity index (χ0v) is 14.8. The van der Waals surface area contributed by atoms with Crippen LogP contribution in [0.5, 0.6) is 0 Å². The van der Waals surface area contributed by atoms with Gasteiger partial charge in [-0.25, -0.2) is 9.78 Å². The minimum Gasteiger partial charge on any atom is -0.456 e. The highest BCUT2D eigenvalue weighted by molar-refractivity contribution is 7.09. The molecule has 1 amide bonds. The molecule has 1 N–H and O–H groups in total. The summed E-state index contributed by atoms with van der Waals surface area (Å²) in [6, 6.07) is 7.00. The van der Waals surface area contributed by atoms with Gasteiger partial charge in [-0.15, -0.1) is 11.3 Å². The predicted octanol–water partition coefficient (Wildman–Crippen LogP) is 3.39. The Hall–Kier alpha value is -2.47. The Kier molecular flexibility index (Phi) is 6.26. The molecule has 126 valence electrons. The van der Waals surface area contributed by atoms with Gasteiger partial charge in [0.15, 0.2) is 0 Å². The van der Waals surface area contributed by atoms with E-state index in [1.807, 2.05) is 20.8 Å². The summed E-state index contributed by atoms with van der Waals surface area (Å²) in [5.74, 6) is -0.499. The number of amides is 1. The summed E-state index contributed by atoms with van der Waals surface area (Å²) in [4.78, 5) is 28.7. The maximum absolute atomic E-state index is 12.0. The lowest BCUT2D eigenvalue weighted by Crippen LogP contribution is -2.20. The molecule has 0 aliphatic heterocycles. The second-order valence-electron chi connectivity index (χ2n) is 5.57. The molecule has 1 aromatic carbocycles. The molecular formula is C18H20N2O3S. The summed E-state index contributed by atoms with van der Waals surface area (Å²) in [6.07, 6.45) is 1.55. The van der Waals surface area contributed by atoms with E-state index in [2.05, 4.69) is 10.3 Å². The van der Waals surface area contributed by atoms with Crippen molar-refractivity contribution in [3.63, 3.8) is 0 Å². The zero-order valence-electron chi connectivity index (χ0n) is 14.0. The van der Waals surface area contributed by atoms with Crippen molar-refractivity contribution >= 4 is 23.2 Å². The summed E-state index contributed by atoms with van der Waals surface area (Å²) in [5.41, 5.74) is 4.96. The Morgan fingerprint density at radius 3 is 2.54 bits per heavy atom. The molecule has 2 rings (SSSR count). The number of allylic oxidation sites excluding steroid dienone is 1. The number of carbonyl (C=O) groups is 2. The topological polar surface area (TPSA) is 68.3 Å². The average Bonchev–Trinajstić information content (AvgIpc) is 2.95. The van der Waals surface area contributed by atoms with Crippen LogP contribution in [0.4, 0.5) is 0 Å². The Bertz CT molecular complexity index is 744. The van der Waals surface area contributed by atoms with Crippen LogP contribution in [0.2, 0.25) is 0 Å². The lowest BCUT2D eigenvalue weighted by Gasteiger charge is -2.06. The number of esters is 1. The minimum atomic E-state index is -0.372. The van der Waals surface area contributed by atoms with Crippen molar-refractivity contribution in [3.8, 4) is 0 Å². The molecule has 24 heavy (non-hydrogen) atoms. The van der Waals surface area contributed by atoms with Crippen molar-refractivity contribution in [2.75, 3.05) is 0 Å². The van der Waals surface area contributed by atoms with Gasteiger partial charge in [-0.3, -0.25) is 4.79 Å². The molecule has 0 bridgehead atoms. The van der Waals surface area contributed by atoms with Crippen molar-refractivity contribution in [3.05, 3.63) is 63.1 Å². The molecule has 0 saturated carbocycles. The standard InChI is InChI=1S/C18H20N2O3S/c1-12(2)8-17(21)19-9-14-4-6-15(7-5-14)18(22)23-10-16-13(3)20-11-24-16/h4-8,11H,9-10H2,1-3H3,(H,19,21). The summed E-state index contributed by atoms with van der Waals surface area (Å²) in [6.45, 7) is 6.27. The van der Waals surface area contributed by atoms with Crippen molar-refractivity contribution in [2.24, 2.45) is 0 Å². The molecule has 0 unspecified atom stereocenters. The summed E-state index contributed by atoms with van der Waals surface area (Å²) in [5, 5.41) is 2.79. The van der Waals surface area contributed by atoms with Gasteiger partial charge in [0, 0.05) is 12.6 Å². The van der Waals surface area contributed by atoms with Crippen LogP contribution in [0, 0.1) is 6.92 Å². The van der Waals surface area contributed by atoms with Gasteiger partial charge in [0.1, 0.15) is 6.61 Å². The molecule has 0 atom stereocenters. The number of thiazole rings is 1. The van der Waals surface area contributed by atoms with E-state index < -0.39 is 0 Å². The van der Waals surface area contributed by atoms with Gasteiger partial charge in [-0.2, -0.15) is 0 Å². The molecular weight excluding hydrogens is 324 g/mol. The van der Waals surface area contributed by atoms with Crippen LogP contribution >= 0.6 is 11.3 Å². The van der Waals surface area contributed by atoms with Crippen LogP contribution < -0.4 is 5.32 Å². The van der Waals surface area contributed by atoms with Gasteiger partial charge >= 0.3 is 5.97 Å². The highest BCUT2D eigenvalue weighted by Crippen LogP contribution is 2.14. The molecule has 1 aromatic heterocycles. The quantitative estimate of drug-likeness (QED) is 0.644. The molecule has 2 aromatic rings. The highest BCUT2D eigenvalue weighted by atomic mass is 32.1. The lowest BCUT2D eigenvalue weighted by atomic mass is 10.1. The molecule has 6 heteroatoms. The first-order chi connectivity index (χ1) is 11.5. The van der Waals surface area contributed by atoms with Crippen LogP contribution in [-0.4, -0.2) is 16.9 Å². The van der Waals surface area contributed by atoms with E-state index in [0.29, 0.717) is 12.1 Å². The third kappa shape index (κ3) is 5.31. The number of nitrogens with zero attached hydrogens (tertiary/aromatic N) is 1. The largest absolute Gasteiger partial charge is 0.456 e. The van der Waals surface area contributed by atoms with Crippen LogP contribution in [0.1, 0.15) is 40.3 Å². The molecule has 1 heterocycles. The van der Waals surface area contributed by atoms with Gasteiger partial charge in [-0.1, -0.05) is 17.7 Å². The summed E-state index contributed by atoms with van der Waals surface area (Å²) in [7, 11) is 0. The smallest absolute Gasteiger partial charge is 0.338 e. The fourth-order valence-corrected chi connectivity index (χ4v) is 2.63. The number of nitrogens with one attached hydrogen (secondary N) is 1. The number of hydrogen-bond acceptors (Lipinski definition) is 5. The van der Waals surface area contributed by atoms with Crippen LogP contribution in [0.25, 0.3) is 0 Å². The first-order valence-electron chi connectivity index (χ1n) is 7.53. The van der Waals surface area contributed by atoms with Crippen LogP contribution in [0.3, 0.4) is 0 Å². The van der Waals surface area contributed by atoms with Crippen molar-refractivity contribution in [1.29, 1.82) is 0 Å². The number of rotatable bonds is 6. The molecule has 0 aliphatic rings. The van der Waals surface area contributed by atoms with Gasteiger partial charge in [-0.05, 0) is 38.5 Å². The fourth-order valence-electron chi connectivity index (χ4n) is 1.94. The van der Waals surface area contributed by atoms with Gasteiger partial charge in [0.2, 0.25) is 5.91 Å². The molecule has 5 nitrogen and oxygen atoms in total. The maximum Gasteiger partial charge on any atom is 0.338 e. The summed E-state index contributed by atoms with van der Waals surface area (Å²) >= 11 is 1.47. The maximum atomic E-state index is 12.0. The van der Waals surface area contributed by atoms with E-state index in [9.17, 15) is 9.59 Å². The van der Waals surface area contributed by atoms with Crippen LogP contribution in [0.15, 0.2) is 41.4 Å². The fraction of sp³-hybridized carbons (Fsp3) is 0.278. The van der Waals surface area contributed by atoms with Gasteiger partial charge in [0.05, 0.1) is 21.6 Å². The van der Waals surface area contributed by atoms with Crippen molar-refractivity contribution < 1.29 is 14.3 Å². The second-order valence-corrected chi connectivity index (χ2v) is 6.51. The number of aromatic nitrogens is 1. The summed E-state index contributed by atoms with van der Waals surface area (Å²) < 4.78 is 5.29. The number of aryl methyl sites for hydroxylation is 1. The Morgan fingerprint density at radius 2 is 1.96 bits per heavy atom. The predicted molar refractivity (Wildman–Crippen MR) is 93.7 cm³/mol. The number of carbonyl (C=O) groups excluding carboxylic acids is 2. The Morgan fingerprint density at radius 1 is 1.25 bits per heavy atom. The normalized spacial score (nSPS) is 10.1. The molecule has 0 saturated heterocycles. The number of benzene rings is 1. The Balaban J connectivity index is 1.87. The molecule has 0 radical (unpaired) electrons.